The van der Waals surface area contributed by atoms with Crippen LogP contribution >= 0.6 is 0 Å². The van der Waals surface area contributed by atoms with Crippen molar-refractivity contribution in [2.24, 2.45) is 5.92 Å². The summed E-state index contributed by atoms with van der Waals surface area (Å²) in [5, 5.41) is 9.29. The summed E-state index contributed by atoms with van der Waals surface area (Å²) in [5.41, 5.74) is -0.673. The van der Waals surface area contributed by atoms with Gasteiger partial charge in [0.25, 0.3) is 5.91 Å². The van der Waals surface area contributed by atoms with Crippen molar-refractivity contribution >= 4 is 34.6 Å². The third-order valence-electron chi connectivity index (χ3n) is 4.83. The molecule has 3 rings (SSSR count). The standard InChI is InChI=1S/C21H24N4O4/c1-13(2)11-22-19(28)23-17(26)12-25-18(27)21(3,24-20(25)29)16-9-8-14-6-4-5-7-15(14)10-16/h4-10,13H,11-12H2,1-3H3,(H,24,29)(H2,22,23,26,28). The molecule has 0 saturated carbocycles. The minimum atomic E-state index is -1.29. The summed E-state index contributed by atoms with van der Waals surface area (Å²) in [6.07, 6.45) is 0. The fourth-order valence-electron chi connectivity index (χ4n) is 3.19. The van der Waals surface area contributed by atoms with Gasteiger partial charge in [0, 0.05) is 6.54 Å². The van der Waals surface area contributed by atoms with E-state index in [1.54, 1.807) is 13.0 Å². The zero-order valence-corrected chi connectivity index (χ0v) is 16.6. The van der Waals surface area contributed by atoms with Crippen LogP contribution in [0.4, 0.5) is 9.59 Å². The van der Waals surface area contributed by atoms with Gasteiger partial charge in [-0.15, -0.1) is 0 Å². The molecule has 6 amide bonds. The lowest BCUT2D eigenvalue weighted by atomic mass is 9.90. The minimum Gasteiger partial charge on any atom is -0.338 e. The number of rotatable bonds is 5. The monoisotopic (exact) mass is 396 g/mol. The topological polar surface area (TPSA) is 108 Å². The molecule has 8 nitrogen and oxygen atoms in total. The summed E-state index contributed by atoms with van der Waals surface area (Å²) < 4.78 is 0. The molecule has 1 atom stereocenters. The summed E-state index contributed by atoms with van der Waals surface area (Å²) in [6.45, 7) is 5.31. The maximum absolute atomic E-state index is 13.0. The molecule has 8 heteroatoms. The van der Waals surface area contributed by atoms with Crippen molar-refractivity contribution in [3.05, 3.63) is 48.0 Å². The number of fused-ring (bicyclic) bond motifs is 1. The van der Waals surface area contributed by atoms with Crippen LogP contribution in [0.1, 0.15) is 26.3 Å². The molecule has 2 aromatic rings. The third-order valence-corrected chi connectivity index (χ3v) is 4.83. The Bertz CT molecular complexity index is 988. The number of amides is 6. The highest BCUT2D eigenvalue weighted by molar-refractivity contribution is 6.10. The average Bonchev–Trinajstić information content (AvgIpc) is 2.90. The van der Waals surface area contributed by atoms with Crippen LogP contribution in [0.25, 0.3) is 10.8 Å². The van der Waals surface area contributed by atoms with Gasteiger partial charge in [-0.1, -0.05) is 50.2 Å². The molecule has 1 unspecified atom stereocenters. The molecule has 152 valence electrons. The molecule has 1 aliphatic rings. The average molecular weight is 396 g/mol. The first-order chi connectivity index (χ1) is 13.7. The van der Waals surface area contributed by atoms with Gasteiger partial charge in [0.1, 0.15) is 12.1 Å². The first kappa shape index (κ1) is 20.3. The normalized spacial score (nSPS) is 18.8. The van der Waals surface area contributed by atoms with E-state index in [-0.39, 0.29) is 5.92 Å². The largest absolute Gasteiger partial charge is 0.338 e. The van der Waals surface area contributed by atoms with Crippen LogP contribution < -0.4 is 16.0 Å². The van der Waals surface area contributed by atoms with E-state index in [0.717, 1.165) is 15.7 Å². The highest BCUT2D eigenvalue weighted by Gasteiger charge is 2.49. The van der Waals surface area contributed by atoms with Crippen LogP contribution in [-0.2, 0) is 15.1 Å². The Morgan fingerprint density at radius 3 is 2.48 bits per heavy atom. The predicted octanol–water partition coefficient (Wildman–Crippen LogP) is 2.09. The van der Waals surface area contributed by atoms with Gasteiger partial charge in [0.2, 0.25) is 5.91 Å². The van der Waals surface area contributed by atoms with Gasteiger partial charge >= 0.3 is 12.1 Å². The summed E-state index contributed by atoms with van der Waals surface area (Å²) in [7, 11) is 0. The van der Waals surface area contributed by atoms with Gasteiger partial charge in [0.15, 0.2) is 0 Å². The van der Waals surface area contributed by atoms with Gasteiger partial charge in [-0.2, -0.15) is 0 Å². The maximum atomic E-state index is 13.0. The summed E-state index contributed by atoms with van der Waals surface area (Å²) in [4.78, 5) is 50.0. The zero-order chi connectivity index (χ0) is 21.2. The highest BCUT2D eigenvalue weighted by atomic mass is 16.2. The van der Waals surface area contributed by atoms with Crippen molar-refractivity contribution in [2.75, 3.05) is 13.1 Å². The molecular formula is C21H24N4O4. The molecule has 1 saturated heterocycles. The number of carbonyl (C=O) groups is 4. The van der Waals surface area contributed by atoms with Crippen LogP contribution in [0, 0.1) is 5.92 Å². The van der Waals surface area contributed by atoms with Crippen LogP contribution in [0.5, 0.6) is 0 Å². The van der Waals surface area contributed by atoms with Crippen LogP contribution in [0.15, 0.2) is 42.5 Å². The predicted molar refractivity (Wildman–Crippen MR) is 108 cm³/mol. The first-order valence-corrected chi connectivity index (χ1v) is 9.42. The third kappa shape index (κ3) is 4.21. The molecule has 0 spiro atoms. The SMILES string of the molecule is CC(C)CNC(=O)NC(=O)CN1C(=O)NC(C)(c2ccc3ccccc3c2)C1=O. The van der Waals surface area contributed by atoms with Crippen LogP contribution in [0.2, 0.25) is 0 Å². The second-order valence-corrected chi connectivity index (χ2v) is 7.66. The van der Waals surface area contributed by atoms with Crippen molar-refractivity contribution < 1.29 is 19.2 Å². The Morgan fingerprint density at radius 2 is 1.79 bits per heavy atom. The first-order valence-electron chi connectivity index (χ1n) is 9.42. The molecule has 1 aliphatic heterocycles. The summed E-state index contributed by atoms with van der Waals surface area (Å²) >= 11 is 0. The van der Waals surface area contributed by atoms with E-state index in [1.165, 1.54) is 0 Å². The lowest BCUT2D eigenvalue weighted by Crippen LogP contribution is -2.47. The lowest BCUT2D eigenvalue weighted by Gasteiger charge is -2.22. The quantitative estimate of drug-likeness (QED) is 0.673. The Labute approximate surface area is 168 Å². The molecule has 29 heavy (non-hydrogen) atoms. The molecular weight excluding hydrogens is 372 g/mol. The number of imide groups is 2. The van der Waals surface area contributed by atoms with Gasteiger partial charge in [-0.25, -0.2) is 9.59 Å². The van der Waals surface area contributed by atoms with Crippen molar-refractivity contribution in [1.82, 2.24) is 20.9 Å². The van der Waals surface area contributed by atoms with Crippen LogP contribution in [-0.4, -0.2) is 41.9 Å². The number of hydrogen-bond acceptors (Lipinski definition) is 4. The van der Waals surface area contributed by atoms with E-state index in [1.807, 2.05) is 50.2 Å². The van der Waals surface area contributed by atoms with Gasteiger partial charge in [0.05, 0.1) is 0 Å². The molecule has 1 heterocycles. The van der Waals surface area contributed by atoms with E-state index in [9.17, 15) is 19.2 Å². The number of benzene rings is 2. The van der Waals surface area contributed by atoms with Crippen molar-refractivity contribution in [3.63, 3.8) is 0 Å². The zero-order valence-electron chi connectivity index (χ0n) is 16.6. The van der Waals surface area contributed by atoms with E-state index < -0.39 is 36.0 Å². The van der Waals surface area contributed by atoms with Crippen molar-refractivity contribution in [2.45, 2.75) is 26.3 Å². The molecule has 2 aromatic carbocycles. The lowest BCUT2D eigenvalue weighted by molar-refractivity contribution is -0.134. The molecule has 0 aromatic heterocycles. The number of nitrogens with one attached hydrogen (secondary N) is 3. The molecule has 0 radical (unpaired) electrons. The Morgan fingerprint density at radius 1 is 1.10 bits per heavy atom. The Hall–Kier alpha value is -3.42. The fourth-order valence-corrected chi connectivity index (χ4v) is 3.19. The van der Waals surface area contributed by atoms with E-state index in [2.05, 4.69) is 16.0 Å². The van der Waals surface area contributed by atoms with Crippen LogP contribution in [0.3, 0.4) is 0 Å². The van der Waals surface area contributed by atoms with E-state index >= 15 is 0 Å². The maximum Gasteiger partial charge on any atom is 0.325 e. The minimum absolute atomic E-state index is 0.226. The number of hydrogen-bond donors (Lipinski definition) is 3. The van der Waals surface area contributed by atoms with Gasteiger partial charge in [-0.3, -0.25) is 19.8 Å². The number of nitrogens with zero attached hydrogens (tertiary/aromatic N) is 1. The number of carbonyl (C=O) groups excluding carboxylic acids is 4. The Kier molecular flexibility index (Phi) is 5.54. The molecule has 0 bridgehead atoms. The van der Waals surface area contributed by atoms with Crippen molar-refractivity contribution in [1.29, 1.82) is 0 Å². The van der Waals surface area contributed by atoms with Gasteiger partial charge in [-0.05, 0) is 35.2 Å². The van der Waals surface area contributed by atoms with Gasteiger partial charge < -0.3 is 10.6 Å². The number of urea groups is 2. The Balaban J connectivity index is 1.72. The fraction of sp³-hybridized carbons (Fsp3) is 0.333. The van der Waals surface area contributed by atoms with E-state index in [4.69, 9.17) is 0 Å². The van der Waals surface area contributed by atoms with Crippen molar-refractivity contribution in [3.8, 4) is 0 Å². The second-order valence-electron chi connectivity index (χ2n) is 7.66. The molecule has 0 aliphatic carbocycles. The summed E-state index contributed by atoms with van der Waals surface area (Å²) in [5.74, 6) is -1.06. The van der Waals surface area contributed by atoms with E-state index in [0.29, 0.717) is 12.1 Å². The molecule has 3 N–H and O–H groups in total. The molecule has 1 fully saturated rings. The smallest absolute Gasteiger partial charge is 0.325 e. The second kappa shape index (κ2) is 7.90. The highest BCUT2D eigenvalue weighted by Crippen LogP contribution is 2.30. The summed E-state index contributed by atoms with van der Waals surface area (Å²) in [6, 6.07) is 11.9.